The molecule has 0 radical (unpaired) electrons. The Labute approximate surface area is 109 Å². The van der Waals surface area contributed by atoms with Crippen LogP contribution in [0.4, 0.5) is 10.8 Å². The normalized spacial score (nSPS) is 10.3. The Hall–Kier alpha value is -1.95. The SMILES string of the molecule is CCNc1nc(-c2ccc(C)c([N+](=O)[O-])c2)cs1. The van der Waals surface area contributed by atoms with E-state index in [0.717, 1.165) is 22.9 Å². The molecule has 1 aromatic carbocycles. The number of nitro benzene ring substituents is 1. The number of benzene rings is 1. The van der Waals surface area contributed by atoms with Crippen LogP contribution in [0.15, 0.2) is 23.6 Å². The number of anilines is 1. The minimum atomic E-state index is -0.365. The second-order valence-electron chi connectivity index (χ2n) is 3.83. The smallest absolute Gasteiger partial charge is 0.272 e. The zero-order valence-corrected chi connectivity index (χ0v) is 11.0. The highest BCUT2D eigenvalue weighted by Gasteiger charge is 2.13. The summed E-state index contributed by atoms with van der Waals surface area (Å²) in [6, 6.07) is 5.17. The van der Waals surface area contributed by atoms with Crippen LogP contribution in [0, 0.1) is 17.0 Å². The maximum atomic E-state index is 10.9. The maximum absolute atomic E-state index is 10.9. The summed E-state index contributed by atoms with van der Waals surface area (Å²) in [5.41, 5.74) is 2.32. The first-order chi connectivity index (χ1) is 8.61. The van der Waals surface area contributed by atoms with Crippen LogP contribution in [0.5, 0.6) is 0 Å². The van der Waals surface area contributed by atoms with Crippen LogP contribution < -0.4 is 5.32 Å². The van der Waals surface area contributed by atoms with Gasteiger partial charge in [0.2, 0.25) is 0 Å². The molecule has 0 unspecified atom stereocenters. The average Bonchev–Trinajstić information content (AvgIpc) is 2.78. The van der Waals surface area contributed by atoms with Gasteiger partial charge in [0, 0.05) is 29.1 Å². The first kappa shape index (κ1) is 12.5. The summed E-state index contributed by atoms with van der Waals surface area (Å²) in [5.74, 6) is 0. The second kappa shape index (κ2) is 5.14. The molecule has 18 heavy (non-hydrogen) atoms. The van der Waals surface area contributed by atoms with Crippen molar-refractivity contribution in [2.45, 2.75) is 13.8 Å². The maximum Gasteiger partial charge on any atom is 0.272 e. The van der Waals surface area contributed by atoms with Crippen molar-refractivity contribution in [3.63, 3.8) is 0 Å². The van der Waals surface area contributed by atoms with Gasteiger partial charge in [-0.2, -0.15) is 0 Å². The number of rotatable bonds is 4. The van der Waals surface area contributed by atoms with Gasteiger partial charge < -0.3 is 5.32 Å². The standard InChI is InChI=1S/C12H13N3O2S/c1-3-13-12-14-10(7-18-12)9-5-4-8(2)11(6-9)15(16)17/h4-7H,3H2,1-2H3,(H,13,14). The van der Waals surface area contributed by atoms with E-state index in [-0.39, 0.29) is 10.6 Å². The Morgan fingerprint density at radius 2 is 2.28 bits per heavy atom. The van der Waals surface area contributed by atoms with Crippen LogP contribution in [-0.2, 0) is 0 Å². The third kappa shape index (κ3) is 2.48. The fraction of sp³-hybridized carbons (Fsp3) is 0.250. The lowest BCUT2D eigenvalue weighted by atomic mass is 10.1. The van der Waals surface area contributed by atoms with Gasteiger partial charge in [0.1, 0.15) is 0 Å². The van der Waals surface area contributed by atoms with Gasteiger partial charge in [-0.25, -0.2) is 4.98 Å². The van der Waals surface area contributed by atoms with E-state index in [1.54, 1.807) is 19.1 Å². The Kier molecular flexibility index (Phi) is 3.57. The predicted octanol–water partition coefficient (Wildman–Crippen LogP) is 3.46. The molecule has 2 rings (SSSR count). The summed E-state index contributed by atoms with van der Waals surface area (Å²) >= 11 is 1.50. The van der Waals surface area contributed by atoms with Crippen molar-refractivity contribution in [2.24, 2.45) is 0 Å². The van der Waals surface area contributed by atoms with Crippen LogP contribution in [0.1, 0.15) is 12.5 Å². The van der Waals surface area contributed by atoms with E-state index in [4.69, 9.17) is 0 Å². The van der Waals surface area contributed by atoms with E-state index >= 15 is 0 Å². The van der Waals surface area contributed by atoms with Crippen molar-refractivity contribution in [1.82, 2.24) is 4.98 Å². The Morgan fingerprint density at radius 3 is 2.94 bits per heavy atom. The highest BCUT2D eigenvalue weighted by Crippen LogP contribution is 2.29. The van der Waals surface area contributed by atoms with E-state index in [2.05, 4.69) is 10.3 Å². The monoisotopic (exact) mass is 263 g/mol. The molecule has 0 aliphatic carbocycles. The molecule has 0 amide bonds. The van der Waals surface area contributed by atoms with Crippen LogP contribution >= 0.6 is 11.3 Å². The Bertz CT molecular complexity index is 580. The molecule has 0 spiro atoms. The van der Waals surface area contributed by atoms with E-state index in [1.165, 1.54) is 11.3 Å². The summed E-state index contributed by atoms with van der Waals surface area (Å²) in [5, 5.41) is 16.7. The van der Waals surface area contributed by atoms with Gasteiger partial charge in [0.25, 0.3) is 5.69 Å². The molecule has 1 N–H and O–H groups in total. The number of aromatic nitrogens is 1. The number of hydrogen-bond acceptors (Lipinski definition) is 5. The highest BCUT2D eigenvalue weighted by atomic mass is 32.1. The van der Waals surface area contributed by atoms with Crippen LogP contribution in [0.3, 0.4) is 0 Å². The lowest BCUT2D eigenvalue weighted by Crippen LogP contribution is -1.95. The number of hydrogen-bond donors (Lipinski definition) is 1. The van der Waals surface area contributed by atoms with Crippen molar-refractivity contribution in [1.29, 1.82) is 0 Å². The van der Waals surface area contributed by atoms with Crippen LogP contribution in [0.2, 0.25) is 0 Å². The summed E-state index contributed by atoms with van der Waals surface area (Å²) in [7, 11) is 0. The molecule has 0 saturated heterocycles. The molecule has 0 fully saturated rings. The van der Waals surface area contributed by atoms with E-state index in [9.17, 15) is 10.1 Å². The molecule has 0 saturated carbocycles. The van der Waals surface area contributed by atoms with Crippen LogP contribution in [0.25, 0.3) is 11.3 Å². The predicted molar refractivity (Wildman–Crippen MR) is 73.1 cm³/mol. The van der Waals surface area contributed by atoms with Gasteiger partial charge >= 0.3 is 0 Å². The molecule has 0 bridgehead atoms. The van der Waals surface area contributed by atoms with Crippen molar-refractivity contribution >= 4 is 22.2 Å². The number of nitrogens with one attached hydrogen (secondary N) is 1. The number of thiazole rings is 1. The molecule has 6 heteroatoms. The first-order valence-electron chi connectivity index (χ1n) is 5.56. The van der Waals surface area contributed by atoms with Gasteiger partial charge in [-0.3, -0.25) is 10.1 Å². The second-order valence-corrected chi connectivity index (χ2v) is 4.68. The minimum Gasteiger partial charge on any atom is -0.362 e. The molecular weight excluding hydrogens is 250 g/mol. The van der Waals surface area contributed by atoms with Crippen molar-refractivity contribution < 1.29 is 4.92 Å². The molecular formula is C12H13N3O2S. The van der Waals surface area contributed by atoms with Gasteiger partial charge in [0.05, 0.1) is 10.6 Å². The third-order valence-corrected chi connectivity index (χ3v) is 3.33. The lowest BCUT2D eigenvalue weighted by Gasteiger charge is -2.00. The summed E-state index contributed by atoms with van der Waals surface area (Å²) in [6.45, 7) is 4.53. The molecule has 5 nitrogen and oxygen atoms in total. The fourth-order valence-electron chi connectivity index (χ4n) is 1.60. The Balaban J connectivity index is 2.38. The summed E-state index contributed by atoms with van der Waals surface area (Å²) in [4.78, 5) is 14.9. The average molecular weight is 263 g/mol. The summed E-state index contributed by atoms with van der Waals surface area (Å²) in [6.07, 6.45) is 0. The Morgan fingerprint density at radius 1 is 1.50 bits per heavy atom. The molecule has 0 aliphatic rings. The van der Waals surface area contributed by atoms with Crippen molar-refractivity contribution in [3.05, 3.63) is 39.3 Å². The zero-order chi connectivity index (χ0) is 13.1. The largest absolute Gasteiger partial charge is 0.362 e. The molecule has 0 atom stereocenters. The van der Waals surface area contributed by atoms with Crippen molar-refractivity contribution in [2.75, 3.05) is 11.9 Å². The first-order valence-corrected chi connectivity index (χ1v) is 6.44. The van der Waals surface area contributed by atoms with Gasteiger partial charge in [-0.15, -0.1) is 11.3 Å². The number of aryl methyl sites for hydroxylation is 1. The lowest BCUT2D eigenvalue weighted by molar-refractivity contribution is -0.385. The third-order valence-electron chi connectivity index (χ3n) is 2.53. The minimum absolute atomic E-state index is 0.130. The van der Waals surface area contributed by atoms with Gasteiger partial charge in [0.15, 0.2) is 5.13 Å². The molecule has 0 aliphatic heterocycles. The topological polar surface area (TPSA) is 68.1 Å². The van der Waals surface area contributed by atoms with E-state index < -0.39 is 0 Å². The van der Waals surface area contributed by atoms with Gasteiger partial charge in [-0.05, 0) is 13.8 Å². The quantitative estimate of drug-likeness (QED) is 0.677. The van der Waals surface area contributed by atoms with E-state index in [0.29, 0.717) is 5.56 Å². The number of nitro groups is 1. The zero-order valence-electron chi connectivity index (χ0n) is 10.1. The molecule has 1 heterocycles. The number of nitrogens with zero attached hydrogens (tertiary/aromatic N) is 2. The van der Waals surface area contributed by atoms with Crippen LogP contribution in [-0.4, -0.2) is 16.5 Å². The molecule has 2 aromatic rings. The highest BCUT2D eigenvalue weighted by molar-refractivity contribution is 7.14. The van der Waals surface area contributed by atoms with E-state index in [1.807, 2.05) is 18.4 Å². The summed E-state index contributed by atoms with van der Waals surface area (Å²) < 4.78 is 0. The molecule has 1 aromatic heterocycles. The molecule has 94 valence electrons. The van der Waals surface area contributed by atoms with Gasteiger partial charge in [-0.1, -0.05) is 12.1 Å². The van der Waals surface area contributed by atoms with Crippen molar-refractivity contribution in [3.8, 4) is 11.3 Å². The fourth-order valence-corrected chi connectivity index (χ4v) is 2.39.